The predicted molar refractivity (Wildman–Crippen MR) is 130 cm³/mol. The highest BCUT2D eigenvalue weighted by Gasteiger charge is 2.26. The van der Waals surface area contributed by atoms with E-state index in [1.54, 1.807) is 23.5 Å². The van der Waals surface area contributed by atoms with Crippen LogP contribution in [-0.2, 0) is 6.42 Å². The first-order chi connectivity index (χ1) is 16.5. The second kappa shape index (κ2) is 9.18. The van der Waals surface area contributed by atoms with Crippen LogP contribution in [0.3, 0.4) is 0 Å². The Balaban J connectivity index is 1.58. The first-order valence-corrected chi connectivity index (χ1v) is 11.8. The lowest BCUT2D eigenvalue weighted by Gasteiger charge is -2.21. The number of thiophene rings is 1. The smallest absolute Gasteiger partial charge is 0.291 e. The molecule has 174 valence electrons. The molecule has 3 aromatic heterocycles. The molecule has 1 aromatic carbocycles. The molecular formula is C25H24N4O4S. The SMILES string of the molecule is CCc1cc([C@H](Nc2nc(C)cc(C)n2)c2ccc3c(c2)OCO3)c(NC(=O)c2ccco2)s1. The van der Waals surface area contributed by atoms with Gasteiger partial charge in [0.1, 0.15) is 5.00 Å². The Kier molecular flexibility index (Phi) is 5.93. The van der Waals surface area contributed by atoms with E-state index in [1.165, 1.54) is 6.26 Å². The fourth-order valence-electron chi connectivity index (χ4n) is 3.87. The molecule has 0 saturated heterocycles. The molecule has 4 aromatic rings. The van der Waals surface area contributed by atoms with E-state index in [2.05, 4.69) is 33.6 Å². The molecule has 0 bridgehead atoms. The van der Waals surface area contributed by atoms with Crippen LogP contribution < -0.4 is 20.1 Å². The lowest BCUT2D eigenvalue weighted by molar-refractivity contribution is 0.0997. The van der Waals surface area contributed by atoms with Gasteiger partial charge >= 0.3 is 0 Å². The quantitative estimate of drug-likeness (QED) is 0.364. The number of aryl methyl sites for hydroxylation is 3. The number of amides is 1. The van der Waals surface area contributed by atoms with Crippen molar-refractivity contribution in [3.8, 4) is 11.5 Å². The summed E-state index contributed by atoms with van der Waals surface area (Å²) in [7, 11) is 0. The van der Waals surface area contributed by atoms with Gasteiger partial charge in [-0.15, -0.1) is 11.3 Å². The van der Waals surface area contributed by atoms with E-state index >= 15 is 0 Å². The lowest BCUT2D eigenvalue weighted by Crippen LogP contribution is -2.18. The van der Waals surface area contributed by atoms with Crippen LogP contribution >= 0.6 is 11.3 Å². The summed E-state index contributed by atoms with van der Waals surface area (Å²) in [6, 6.07) is 12.8. The minimum atomic E-state index is -0.348. The van der Waals surface area contributed by atoms with Gasteiger partial charge < -0.3 is 24.5 Å². The zero-order valence-electron chi connectivity index (χ0n) is 19.0. The monoisotopic (exact) mass is 476 g/mol. The fraction of sp³-hybridized carbons (Fsp3) is 0.240. The number of carbonyl (C=O) groups is 1. The zero-order valence-corrected chi connectivity index (χ0v) is 19.9. The first kappa shape index (κ1) is 22.0. The van der Waals surface area contributed by atoms with Gasteiger partial charge in [0.2, 0.25) is 12.7 Å². The molecule has 0 spiro atoms. The number of ether oxygens (including phenoxy) is 2. The number of aromatic nitrogens is 2. The Morgan fingerprint density at radius 2 is 1.88 bits per heavy atom. The average molecular weight is 477 g/mol. The third-order valence-electron chi connectivity index (χ3n) is 5.43. The van der Waals surface area contributed by atoms with Gasteiger partial charge in [0.15, 0.2) is 17.3 Å². The first-order valence-electron chi connectivity index (χ1n) is 11.0. The van der Waals surface area contributed by atoms with Crippen LogP contribution in [-0.4, -0.2) is 22.7 Å². The van der Waals surface area contributed by atoms with E-state index in [0.29, 0.717) is 17.4 Å². The molecule has 9 heteroatoms. The number of anilines is 2. The topological polar surface area (TPSA) is 98.5 Å². The van der Waals surface area contributed by atoms with E-state index in [0.717, 1.165) is 38.8 Å². The highest BCUT2D eigenvalue weighted by molar-refractivity contribution is 7.16. The normalized spacial score (nSPS) is 13.0. The maximum absolute atomic E-state index is 12.8. The summed E-state index contributed by atoms with van der Waals surface area (Å²) in [6.45, 7) is 6.15. The van der Waals surface area contributed by atoms with Crippen molar-refractivity contribution in [2.75, 3.05) is 17.4 Å². The van der Waals surface area contributed by atoms with Crippen molar-refractivity contribution in [2.45, 2.75) is 33.2 Å². The molecule has 0 fully saturated rings. The highest BCUT2D eigenvalue weighted by Crippen LogP contribution is 2.41. The third-order valence-corrected chi connectivity index (χ3v) is 6.64. The summed E-state index contributed by atoms with van der Waals surface area (Å²) in [5.41, 5.74) is 3.57. The Hall–Kier alpha value is -3.85. The molecule has 0 saturated carbocycles. The van der Waals surface area contributed by atoms with Crippen molar-refractivity contribution in [3.63, 3.8) is 0 Å². The maximum Gasteiger partial charge on any atom is 0.291 e. The number of hydrogen-bond acceptors (Lipinski definition) is 8. The van der Waals surface area contributed by atoms with Crippen LogP contribution in [0.5, 0.6) is 11.5 Å². The second-order valence-corrected chi connectivity index (χ2v) is 9.08. The summed E-state index contributed by atoms with van der Waals surface area (Å²) in [5, 5.41) is 7.25. The number of rotatable bonds is 7. The molecule has 1 atom stereocenters. The molecule has 4 heterocycles. The van der Waals surface area contributed by atoms with E-state index in [1.807, 2.05) is 38.1 Å². The number of fused-ring (bicyclic) bond motifs is 1. The summed E-state index contributed by atoms with van der Waals surface area (Å²) in [4.78, 5) is 23.1. The predicted octanol–water partition coefficient (Wildman–Crippen LogP) is 5.49. The molecule has 8 nitrogen and oxygen atoms in total. The standard InChI is InChI=1S/C25H24N4O4S/c1-4-17-12-18(24(34-17)29-23(30)20-6-5-9-31-20)22(28-25-26-14(2)10-15(3)27-25)16-7-8-19-21(11-16)33-13-32-19/h5-12,22H,4,13H2,1-3H3,(H,29,30)(H,26,27,28)/t22-/m1/s1. The van der Waals surface area contributed by atoms with Crippen LogP contribution in [0.25, 0.3) is 0 Å². The van der Waals surface area contributed by atoms with Gasteiger partial charge in [-0.05, 0) is 62.2 Å². The number of carbonyl (C=O) groups excluding carboxylic acids is 1. The minimum absolute atomic E-state index is 0.194. The number of hydrogen-bond donors (Lipinski definition) is 2. The van der Waals surface area contributed by atoms with E-state index in [4.69, 9.17) is 13.9 Å². The third kappa shape index (κ3) is 4.47. The zero-order chi connectivity index (χ0) is 23.7. The summed E-state index contributed by atoms with van der Waals surface area (Å²) in [6.07, 6.45) is 2.32. The van der Waals surface area contributed by atoms with Crippen molar-refractivity contribution in [2.24, 2.45) is 0 Å². The van der Waals surface area contributed by atoms with E-state index in [9.17, 15) is 4.79 Å². The van der Waals surface area contributed by atoms with Crippen molar-refractivity contribution in [1.82, 2.24) is 9.97 Å². The molecule has 1 amide bonds. The van der Waals surface area contributed by atoms with Gasteiger partial charge in [-0.1, -0.05) is 13.0 Å². The number of nitrogens with zero attached hydrogens (tertiary/aromatic N) is 2. The molecular weight excluding hydrogens is 452 g/mol. The Morgan fingerprint density at radius 1 is 1.09 bits per heavy atom. The van der Waals surface area contributed by atoms with Crippen molar-refractivity contribution >= 4 is 28.2 Å². The van der Waals surface area contributed by atoms with E-state index < -0.39 is 0 Å². The molecule has 1 aliphatic heterocycles. The van der Waals surface area contributed by atoms with Gasteiger partial charge in [0.25, 0.3) is 5.91 Å². The fourth-order valence-corrected chi connectivity index (χ4v) is 4.90. The van der Waals surface area contributed by atoms with Crippen molar-refractivity contribution < 1.29 is 18.7 Å². The Labute approximate surface area is 201 Å². The van der Waals surface area contributed by atoms with Crippen LogP contribution in [0, 0.1) is 13.8 Å². The van der Waals surface area contributed by atoms with Crippen LogP contribution in [0.2, 0.25) is 0 Å². The summed E-state index contributed by atoms with van der Waals surface area (Å²) >= 11 is 1.54. The van der Waals surface area contributed by atoms with Crippen molar-refractivity contribution in [1.29, 1.82) is 0 Å². The highest BCUT2D eigenvalue weighted by atomic mass is 32.1. The minimum Gasteiger partial charge on any atom is -0.459 e. The van der Waals surface area contributed by atoms with Crippen LogP contribution in [0.1, 0.15) is 50.9 Å². The molecule has 0 unspecified atom stereocenters. The van der Waals surface area contributed by atoms with Gasteiger partial charge in [0, 0.05) is 21.8 Å². The Morgan fingerprint density at radius 3 is 2.62 bits per heavy atom. The maximum atomic E-state index is 12.8. The largest absolute Gasteiger partial charge is 0.459 e. The number of nitrogens with one attached hydrogen (secondary N) is 2. The second-order valence-electron chi connectivity index (χ2n) is 7.95. The van der Waals surface area contributed by atoms with E-state index in [-0.39, 0.29) is 24.5 Å². The number of furan rings is 1. The summed E-state index contributed by atoms with van der Waals surface area (Å²) < 4.78 is 16.4. The van der Waals surface area contributed by atoms with Gasteiger partial charge in [-0.2, -0.15) is 0 Å². The average Bonchev–Trinajstić information content (AvgIpc) is 3.57. The molecule has 34 heavy (non-hydrogen) atoms. The van der Waals surface area contributed by atoms with Gasteiger partial charge in [0.05, 0.1) is 12.3 Å². The molecule has 1 aliphatic rings. The van der Waals surface area contributed by atoms with Crippen molar-refractivity contribution in [3.05, 3.63) is 81.9 Å². The molecule has 0 radical (unpaired) electrons. The molecule has 0 aliphatic carbocycles. The Bertz CT molecular complexity index is 1310. The van der Waals surface area contributed by atoms with Gasteiger partial charge in [-0.25, -0.2) is 9.97 Å². The van der Waals surface area contributed by atoms with Gasteiger partial charge in [-0.3, -0.25) is 4.79 Å². The lowest BCUT2D eigenvalue weighted by atomic mass is 9.99. The van der Waals surface area contributed by atoms with Crippen LogP contribution in [0.4, 0.5) is 10.9 Å². The molecule has 2 N–H and O–H groups in total. The summed E-state index contributed by atoms with van der Waals surface area (Å²) in [5.74, 6) is 1.84. The molecule has 5 rings (SSSR count). The van der Waals surface area contributed by atoms with Crippen LogP contribution in [0.15, 0.2) is 53.1 Å². The number of benzene rings is 1.